The van der Waals surface area contributed by atoms with Crippen molar-refractivity contribution in [3.63, 3.8) is 0 Å². The first kappa shape index (κ1) is 11.3. The summed E-state index contributed by atoms with van der Waals surface area (Å²) in [5.74, 6) is -0.318. The molecule has 15 heavy (non-hydrogen) atoms. The molecule has 0 aliphatic heterocycles. The number of carbonyl (C=O) groups is 1. The molecule has 0 fully saturated rings. The molecule has 1 aromatic rings. The molecular weight excluding hydrogens is 190 g/mol. The first-order valence-electron chi connectivity index (χ1n) is 4.70. The quantitative estimate of drug-likeness (QED) is 0.606. The zero-order chi connectivity index (χ0) is 11.3. The van der Waals surface area contributed by atoms with Crippen LogP contribution >= 0.6 is 0 Å². The van der Waals surface area contributed by atoms with Gasteiger partial charge in [-0.1, -0.05) is 12.2 Å². The highest BCUT2D eigenvalue weighted by Gasteiger charge is 2.03. The van der Waals surface area contributed by atoms with Crippen LogP contribution in [0.2, 0.25) is 0 Å². The molecule has 0 atom stereocenters. The van der Waals surface area contributed by atoms with Gasteiger partial charge in [-0.2, -0.15) is 0 Å². The first-order chi connectivity index (χ1) is 7.13. The Labute approximate surface area is 89.8 Å². The first-order valence-corrected chi connectivity index (χ1v) is 4.70. The van der Waals surface area contributed by atoms with Gasteiger partial charge < -0.3 is 10.1 Å². The number of carbonyl (C=O) groups excluding carboxylic acids is 1. The standard InChI is InChI=1S/C12H15NO2/c1-9(2)8-13-11-6-4-10(5-7-11)12(14)15-3/h4-7,13H,1,8H2,2-3H3. The zero-order valence-electron chi connectivity index (χ0n) is 9.04. The Bertz CT molecular complexity index is 354. The van der Waals surface area contributed by atoms with Crippen LogP contribution in [-0.4, -0.2) is 19.6 Å². The van der Waals surface area contributed by atoms with Crippen LogP contribution in [0.3, 0.4) is 0 Å². The van der Waals surface area contributed by atoms with Crippen LogP contribution in [0.4, 0.5) is 5.69 Å². The average Bonchev–Trinajstić information content (AvgIpc) is 2.26. The van der Waals surface area contributed by atoms with E-state index in [1.54, 1.807) is 12.1 Å². The Morgan fingerprint density at radius 3 is 2.47 bits per heavy atom. The topological polar surface area (TPSA) is 38.3 Å². The number of ether oxygens (including phenoxy) is 1. The third-order valence-electron chi connectivity index (χ3n) is 1.90. The van der Waals surface area contributed by atoms with Gasteiger partial charge in [0.05, 0.1) is 12.7 Å². The highest BCUT2D eigenvalue weighted by atomic mass is 16.5. The van der Waals surface area contributed by atoms with E-state index < -0.39 is 0 Å². The number of hydrogen-bond acceptors (Lipinski definition) is 3. The predicted octanol–water partition coefficient (Wildman–Crippen LogP) is 2.46. The smallest absolute Gasteiger partial charge is 0.337 e. The van der Waals surface area contributed by atoms with Gasteiger partial charge in [0.15, 0.2) is 0 Å². The summed E-state index contributed by atoms with van der Waals surface area (Å²) in [5, 5.41) is 3.18. The van der Waals surface area contributed by atoms with Crippen LogP contribution in [0.25, 0.3) is 0 Å². The summed E-state index contributed by atoms with van der Waals surface area (Å²) >= 11 is 0. The second-order valence-corrected chi connectivity index (χ2v) is 3.38. The summed E-state index contributed by atoms with van der Waals surface area (Å²) in [7, 11) is 1.37. The fraction of sp³-hybridized carbons (Fsp3) is 0.250. The number of anilines is 1. The SMILES string of the molecule is C=C(C)CNc1ccc(C(=O)OC)cc1. The maximum Gasteiger partial charge on any atom is 0.337 e. The van der Waals surface area contributed by atoms with Crippen molar-refractivity contribution in [2.45, 2.75) is 6.92 Å². The Morgan fingerprint density at radius 1 is 1.40 bits per heavy atom. The van der Waals surface area contributed by atoms with E-state index in [0.717, 1.165) is 17.8 Å². The Kier molecular flexibility index (Phi) is 3.92. The number of methoxy groups -OCH3 is 1. The van der Waals surface area contributed by atoms with Crippen molar-refractivity contribution in [3.8, 4) is 0 Å². The largest absolute Gasteiger partial charge is 0.465 e. The van der Waals surface area contributed by atoms with Crippen LogP contribution in [0, 0.1) is 0 Å². The third-order valence-corrected chi connectivity index (χ3v) is 1.90. The average molecular weight is 205 g/mol. The highest BCUT2D eigenvalue weighted by molar-refractivity contribution is 5.89. The Morgan fingerprint density at radius 2 is 2.00 bits per heavy atom. The summed E-state index contributed by atoms with van der Waals surface area (Å²) in [4.78, 5) is 11.1. The molecule has 0 amide bonds. The molecule has 3 nitrogen and oxygen atoms in total. The van der Waals surface area contributed by atoms with E-state index >= 15 is 0 Å². The highest BCUT2D eigenvalue weighted by Crippen LogP contribution is 2.10. The molecule has 0 aliphatic rings. The van der Waals surface area contributed by atoms with Gasteiger partial charge in [-0.3, -0.25) is 0 Å². The molecule has 1 aromatic carbocycles. The van der Waals surface area contributed by atoms with Crippen LogP contribution in [0.5, 0.6) is 0 Å². The van der Waals surface area contributed by atoms with Crippen molar-refractivity contribution in [3.05, 3.63) is 42.0 Å². The monoisotopic (exact) mass is 205 g/mol. The number of nitrogens with one attached hydrogen (secondary N) is 1. The fourth-order valence-corrected chi connectivity index (χ4v) is 1.09. The van der Waals surface area contributed by atoms with E-state index in [1.165, 1.54) is 7.11 Å². The molecular formula is C12H15NO2. The third kappa shape index (κ3) is 3.46. The van der Waals surface area contributed by atoms with Crippen LogP contribution < -0.4 is 5.32 Å². The van der Waals surface area contributed by atoms with E-state index in [-0.39, 0.29) is 5.97 Å². The molecule has 0 saturated carbocycles. The fourth-order valence-electron chi connectivity index (χ4n) is 1.09. The molecule has 0 bridgehead atoms. The summed E-state index contributed by atoms with van der Waals surface area (Å²) in [6.07, 6.45) is 0. The van der Waals surface area contributed by atoms with Crippen molar-refractivity contribution in [2.24, 2.45) is 0 Å². The minimum Gasteiger partial charge on any atom is -0.465 e. The van der Waals surface area contributed by atoms with Crippen LogP contribution in [-0.2, 0) is 4.74 Å². The molecule has 80 valence electrons. The van der Waals surface area contributed by atoms with Crippen LogP contribution in [0.1, 0.15) is 17.3 Å². The van der Waals surface area contributed by atoms with Crippen molar-refractivity contribution in [2.75, 3.05) is 19.0 Å². The lowest BCUT2D eigenvalue weighted by Crippen LogP contribution is -2.03. The van der Waals surface area contributed by atoms with Gasteiger partial charge in [0.1, 0.15) is 0 Å². The normalized spacial score (nSPS) is 9.47. The molecule has 0 aromatic heterocycles. The van der Waals surface area contributed by atoms with Crippen molar-refractivity contribution in [1.82, 2.24) is 0 Å². The second-order valence-electron chi connectivity index (χ2n) is 3.38. The number of rotatable bonds is 4. The second kappa shape index (κ2) is 5.20. The lowest BCUT2D eigenvalue weighted by molar-refractivity contribution is 0.0601. The molecule has 3 heteroatoms. The minimum absolute atomic E-state index is 0.318. The Balaban J connectivity index is 2.64. The number of benzene rings is 1. The molecule has 0 heterocycles. The molecule has 1 rings (SSSR count). The molecule has 0 saturated heterocycles. The maximum atomic E-state index is 11.1. The maximum absolute atomic E-state index is 11.1. The summed E-state index contributed by atoms with van der Waals surface area (Å²) in [6, 6.07) is 7.14. The Hall–Kier alpha value is -1.77. The minimum atomic E-state index is -0.318. The van der Waals surface area contributed by atoms with Gasteiger partial charge in [-0.25, -0.2) is 4.79 Å². The van der Waals surface area contributed by atoms with Gasteiger partial charge in [-0.15, -0.1) is 0 Å². The van der Waals surface area contributed by atoms with Gasteiger partial charge in [0.25, 0.3) is 0 Å². The van der Waals surface area contributed by atoms with E-state index in [2.05, 4.69) is 16.6 Å². The van der Waals surface area contributed by atoms with Gasteiger partial charge in [0, 0.05) is 12.2 Å². The lowest BCUT2D eigenvalue weighted by atomic mass is 10.2. The van der Waals surface area contributed by atoms with Crippen molar-refractivity contribution in [1.29, 1.82) is 0 Å². The number of hydrogen-bond donors (Lipinski definition) is 1. The molecule has 1 N–H and O–H groups in total. The van der Waals surface area contributed by atoms with E-state index in [9.17, 15) is 4.79 Å². The lowest BCUT2D eigenvalue weighted by Gasteiger charge is -2.06. The van der Waals surface area contributed by atoms with Gasteiger partial charge in [-0.05, 0) is 31.2 Å². The van der Waals surface area contributed by atoms with Crippen molar-refractivity contribution < 1.29 is 9.53 Å². The van der Waals surface area contributed by atoms with Crippen molar-refractivity contribution >= 4 is 11.7 Å². The van der Waals surface area contributed by atoms with E-state index in [4.69, 9.17) is 0 Å². The molecule has 0 radical (unpaired) electrons. The molecule has 0 aliphatic carbocycles. The van der Waals surface area contributed by atoms with E-state index in [1.807, 2.05) is 19.1 Å². The van der Waals surface area contributed by atoms with E-state index in [0.29, 0.717) is 5.56 Å². The number of esters is 1. The zero-order valence-corrected chi connectivity index (χ0v) is 9.04. The predicted molar refractivity (Wildman–Crippen MR) is 61.1 cm³/mol. The molecule has 0 unspecified atom stereocenters. The molecule has 0 spiro atoms. The van der Waals surface area contributed by atoms with Gasteiger partial charge in [0.2, 0.25) is 0 Å². The summed E-state index contributed by atoms with van der Waals surface area (Å²) in [6.45, 7) is 6.48. The van der Waals surface area contributed by atoms with Crippen LogP contribution in [0.15, 0.2) is 36.4 Å². The summed E-state index contributed by atoms with van der Waals surface area (Å²) in [5.41, 5.74) is 2.58. The summed E-state index contributed by atoms with van der Waals surface area (Å²) < 4.78 is 4.60. The van der Waals surface area contributed by atoms with Gasteiger partial charge >= 0.3 is 5.97 Å².